The quantitative estimate of drug-likeness (QED) is 0.834. The summed E-state index contributed by atoms with van der Waals surface area (Å²) in [5.41, 5.74) is 8.42. The number of nitrogens with zero attached hydrogens (tertiary/aromatic N) is 1. The van der Waals surface area contributed by atoms with E-state index in [1.807, 2.05) is 23.9 Å². The number of hydrogen-bond donors (Lipinski definition) is 2. The Hall–Kier alpha value is -0.910. The largest absolute Gasteiger partial charge is 0.369 e. The number of rotatable bonds is 1. The zero-order valence-corrected chi connectivity index (χ0v) is 12.1. The van der Waals surface area contributed by atoms with Crippen LogP contribution in [0, 0.1) is 0 Å². The van der Waals surface area contributed by atoms with Crippen molar-refractivity contribution in [2.24, 2.45) is 5.73 Å². The van der Waals surface area contributed by atoms with Gasteiger partial charge in [0.15, 0.2) is 0 Å². The van der Waals surface area contributed by atoms with Gasteiger partial charge < -0.3 is 16.0 Å². The van der Waals surface area contributed by atoms with Gasteiger partial charge in [-0.25, -0.2) is 0 Å². The van der Waals surface area contributed by atoms with Crippen LogP contribution in [-0.2, 0) is 4.79 Å². The van der Waals surface area contributed by atoms with Crippen LogP contribution in [0.25, 0.3) is 0 Å². The number of carbonyl (C=O) groups excluding carboxylic acids is 1. The van der Waals surface area contributed by atoms with Crippen molar-refractivity contribution in [1.82, 2.24) is 0 Å². The maximum atomic E-state index is 11.6. The first-order valence-corrected chi connectivity index (χ1v) is 7.92. The Morgan fingerprint density at radius 2 is 2.21 bits per heavy atom. The molecule has 1 aromatic carbocycles. The smallest absolute Gasteiger partial charge is 0.245 e. The molecule has 2 heterocycles. The lowest BCUT2D eigenvalue weighted by Gasteiger charge is -2.24. The molecule has 102 valence electrons. The topological polar surface area (TPSA) is 58.4 Å². The summed E-state index contributed by atoms with van der Waals surface area (Å²) in [5, 5.41) is 3.49. The van der Waals surface area contributed by atoms with Crippen molar-refractivity contribution in [3.05, 3.63) is 22.7 Å². The second-order valence-corrected chi connectivity index (χ2v) is 6.44. The monoisotopic (exact) mass is 297 g/mol. The van der Waals surface area contributed by atoms with Crippen molar-refractivity contribution in [1.29, 1.82) is 0 Å². The Labute approximate surface area is 121 Å². The minimum Gasteiger partial charge on any atom is -0.369 e. The van der Waals surface area contributed by atoms with Gasteiger partial charge in [0.2, 0.25) is 5.91 Å². The molecule has 0 saturated carbocycles. The SMILES string of the molecule is NC1C(=O)Nc2cc(N3CCCSCC3)c(Cl)cc21. The van der Waals surface area contributed by atoms with E-state index < -0.39 is 6.04 Å². The zero-order valence-electron chi connectivity index (χ0n) is 10.5. The Morgan fingerprint density at radius 1 is 1.37 bits per heavy atom. The number of nitrogens with one attached hydrogen (secondary N) is 1. The summed E-state index contributed by atoms with van der Waals surface area (Å²) in [5.74, 6) is 2.15. The first-order chi connectivity index (χ1) is 9.16. The van der Waals surface area contributed by atoms with Crippen LogP contribution in [0.5, 0.6) is 0 Å². The second-order valence-electron chi connectivity index (χ2n) is 4.81. The van der Waals surface area contributed by atoms with Crippen molar-refractivity contribution in [2.75, 3.05) is 34.8 Å². The molecule has 19 heavy (non-hydrogen) atoms. The van der Waals surface area contributed by atoms with Gasteiger partial charge in [-0.3, -0.25) is 4.79 Å². The van der Waals surface area contributed by atoms with Gasteiger partial charge in [-0.15, -0.1) is 0 Å². The average molecular weight is 298 g/mol. The molecule has 1 aromatic rings. The van der Waals surface area contributed by atoms with Gasteiger partial charge in [0, 0.05) is 30.1 Å². The number of nitrogens with two attached hydrogens (primary N) is 1. The summed E-state index contributed by atoms with van der Waals surface area (Å²) in [6, 6.07) is 3.19. The number of thioether (sulfide) groups is 1. The van der Waals surface area contributed by atoms with Gasteiger partial charge in [-0.05, 0) is 24.3 Å². The van der Waals surface area contributed by atoms with E-state index in [0.29, 0.717) is 5.02 Å². The average Bonchev–Trinajstić information content (AvgIpc) is 2.63. The van der Waals surface area contributed by atoms with Gasteiger partial charge >= 0.3 is 0 Å². The number of carbonyl (C=O) groups is 1. The van der Waals surface area contributed by atoms with Gasteiger partial charge in [-0.1, -0.05) is 11.6 Å². The Balaban J connectivity index is 1.95. The van der Waals surface area contributed by atoms with Crippen LogP contribution in [0.1, 0.15) is 18.0 Å². The van der Waals surface area contributed by atoms with E-state index in [9.17, 15) is 4.79 Å². The third-order valence-corrected chi connectivity index (χ3v) is 4.91. The molecule has 1 fully saturated rings. The summed E-state index contributed by atoms with van der Waals surface area (Å²) in [4.78, 5) is 13.9. The fourth-order valence-electron chi connectivity index (χ4n) is 2.52. The highest BCUT2D eigenvalue weighted by atomic mass is 35.5. The standard InChI is InChI=1S/C13H16ClN3OS/c14-9-6-8-10(16-13(18)12(8)15)7-11(9)17-2-1-4-19-5-3-17/h6-7,12H,1-5,15H2,(H,16,18). The highest BCUT2D eigenvalue weighted by Crippen LogP contribution is 2.38. The fourth-order valence-corrected chi connectivity index (χ4v) is 3.70. The van der Waals surface area contributed by atoms with Crippen LogP contribution in [0.2, 0.25) is 5.02 Å². The van der Waals surface area contributed by atoms with E-state index in [1.165, 1.54) is 5.75 Å². The minimum atomic E-state index is -0.596. The molecule has 0 aliphatic carbocycles. The molecule has 0 radical (unpaired) electrons. The molecule has 4 nitrogen and oxygen atoms in total. The first-order valence-electron chi connectivity index (χ1n) is 6.39. The highest BCUT2D eigenvalue weighted by molar-refractivity contribution is 7.99. The number of hydrogen-bond acceptors (Lipinski definition) is 4. The molecule has 0 spiro atoms. The predicted molar refractivity (Wildman–Crippen MR) is 81.2 cm³/mol. The molecular formula is C13H16ClN3OS. The molecule has 1 atom stereocenters. The number of benzene rings is 1. The summed E-state index contributed by atoms with van der Waals surface area (Å²) >= 11 is 8.34. The van der Waals surface area contributed by atoms with Crippen LogP contribution in [0.3, 0.4) is 0 Å². The second kappa shape index (κ2) is 5.23. The Bertz CT molecular complexity index is 515. The third-order valence-electron chi connectivity index (χ3n) is 3.56. The summed E-state index contributed by atoms with van der Waals surface area (Å²) < 4.78 is 0. The Morgan fingerprint density at radius 3 is 3.05 bits per heavy atom. The van der Waals surface area contributed by atoms with Crippen LogP contribution in [-0.4, -0.2) is 30.5 Å². The maximum absolute atomic E-state index is 11.6. The summed E-state index contributed by atoms with van der Waals surface area (Å²) in [7, 11) is 0. The van der Waals surface area contributed by atoms with E-state index in [-0.39, 0.29) is 5.91 Å². The minimum absolute atomic E-state index is 0.158. The van der Waals surface area contributed by atoms with E-state index in [4.69, 9.17) is 17.3 Å². The van der Waals surface area contributed by atoms with Crippen LogP contribution in [0.15, 0.2) is 12.1 Å². The van der Waals surface area contributed by atoms with Crippen LogP contribution in [0.4, 0.5) is 11.4 Å². The number of halogens is 1. The number of amides is 1. The molecule has 6 heteroatoms. The lowest BCUT2D eigenvalue weighted by molar-refractivity contribution is -0.116. The normalized spacial score (nSPS) is 22.9. The molecule has 0 aromatic heterocycles. The summed E-state index contributed by atoms with van der Waals surface area (Å²) in [6.45, 7) is 1.99. The van der Waals surface area contributed by atoms with E-state index in [0.717, 1.165) is 42.2 Å². The van der Waals surface area contributed by atoms with Crippen LogP contribution >= 0.6 is 23.4 Å². The molecular weight excluding hydrogens is 282 g/mol. The first kappa shape index (κ1) is 13.1. The van der Waals surface area contributed by atoms with E-state index in [2.05, 4.69) is 10.2 Å². The van der Waals surface area contributed by atoms with Crippen molar-refractivity contribution in [3.8, 4) is 0 Å². The summed E-state index contributed by atoms with van der Waals surface area (Å²) in [6.07, 6.45) is 1.16. The van der Waals surface area contributed by atoms with Crippen molar-refractivity contribution in [2.45, 2.75) is 12.5 Å². The zero-order chi connectivity index (χ0) is 13.4. The van der Waals surface area contributed by atoms with E-state index in [1.54, 1.807) is 0 Å². The van der Waals surface area contributed by atoms with Gasteiger partial charge in [0.1, 0.15) is 6.04 Å². The molecule has 3 N–H and O–H groups in total. The van der Waals surface area contributed by atoms with Gasteiger partial charge in [0.25, 0.3) is 0 Å². The number of anilines is 2. The molecule has 1 saturated heterocycles. The molecule has 2 aliphatic heterocycles. The lowest BCUT2D eigenvalue weighted by atomic mass is 10.1. The predicted octanol–water partition coefficient (Wildman–Crippen LogP) is 2.24. The van der Waals surface area contributed by atoms with E-state index >= 15 is 0 Å². The van der Waals surface area contributed by atoms with Gasteiger partial charge in [0.05, 0.1) is 10.7 Å². The molecule has 2 aliphatic rings. The van der Waals surface area contributed by atoms with Crippen LogP contribution < -0.4 is 16.0 Å². The Kier molecular flexibility index (Phi) is 3.60. The highest BCUT2D eigenvalue weighted by Gasteiger charge is 2.29. The number of fused-ring (bicyclic) bond motifs is 1. The molecule has 1 amide bonds. The van der Waals surface area contributed by atoms with Crippen molar-refractivity contribution < 1.29 is 4.79 Å². The lowest BCUT2D eigenvalue weighted by Crippen LogP contribution is -2.25. The molecule has 3 rings (SSSR count). The van der Waals surface area contributed by atoms with Crippen molar-refractivity contribution in [3.63, 3.8) is 0 Å². The van der Waals surface area contributed by atoms with Gasteiger partial charge in [-0.2, -0.15) is 11.8 Å². The van der Waals surface area contributed by atoms with Crippen molar-refractivity contribution >= 4 is 40.6 Å². The molecule has 0 bridgehead atoms. The molecule has 1 unspecified atom stereocenters. The third kappa shape index (κ3) is 2.42. The fraction of sp³-hybridized carbons (Fsp3) is 0.462. The maximum Gasteiger partial charge on any atom is 0.245 e.